The summed E-state index contributed by atoms with van der Waals surface area (Å²) in [5, 5.41) is 7.89. The number of carbonyl (C=O) groups excluding carboxylic acids is 2. The van der Waals surface area contributed by atoms with Gasteiger partial charge in [0.05, 0.1) is 15.8 Å². The van der Waals surface area contributed by atoms with Gasteiger partial charge in [-0.05, 0) is 57.0 Å². The van der Waals surface area contributed by atoms with Crippen LogP contribution in [0.4, 0.5) is 5.69 Å². The molecule has 2 aromatic carbocycles. The lowest BCUT2D eigenvalue weighted by Gasteiger charge is -2.13. The first kappa shape index (κ1) is 22.1. The van der Waals surface area contributed by atoms with Crippen LogP contribution in [0.2, 0.25) is 10.0 Å². The minimum Gasteiger partial charge on any atom is -0.455 e. The number of hydrogen-bond donors (Lipinski definition) is 2. The molecule has 0 saturated carbocycles. The van der Waals surface area contributed by atoms with Crippen molar-refractivity contribution >= 4 is 46.4 Å². The zero-order valence-corrected chi connectivity index (χ0v) is 19.1. The first-order valence-corrected chi connectivity index (χ1v) is 10.9. The van der Waals surface area contributed by atoms with Crippen LogP contribution in [-0.2, 0) is 6.42 Å². The monoisotopic (exact) mass is 469 g/mol. The number of rotatable bonds is 4. The van der Waals surface area contributed by atoms with E-state index in [0.717, 1.165) is 17.5 Å². The van der Waals surface area contributed by atoms with Crippen LogP contribution in [0.25, 0.3) is 0 Å². The van der Waals surface area contributed by atoms with Gasteiger partial charge < -0.3 is 9.73 Å². The van der Waals surface area contributed by atoms with Gasteiger partial charge in [-0.25, -0.2) is 5.43 Å². The molecule has 1 heterocycles. The molecule has 0 radical (unpaired) electrons. The maximum absolute atomic E-state index is 12.8. The van der Waals surface area contributed by atoms with Gasteiger partial charge in [-0.15, -0.1) is 0 Å². The van der Waals surface area contributed by atoms with E-state index in [2.05, 4.69) is 15.8 Å². The third-order valence-corrected chi connectivity index (χ3v) is 6.05. The van der Waals surface area contributed by atoms with Crippen LogP contribution >= 0.6 is 23.2 Å². The summed E-state index contributed by atoms with van der Waals surface area (Å²) in [5.74, 6) is 0.221. The van der Waals surface area contributed by atoms with Crippen LogP contribution in [0.3, 0.4) is 0 Å². The minimum absolute atomic E-state index is 0.209. The summed E-state index contributed by atoms with van der Waals surface area (Å²) in [5.41, 5.74) is 6.90. The Morgan fingerprint density at radius 3 is 2.44 bits per heavy atom. The van der Waals surface area contributed by atoms with Crippen molar-refractivity contribution < 1.29 is 14.0 Å². The first-order chi connectivity index (χ1) is 15.3. The maximum Gasteiger partial charge on any atom is 0.291 e. The van der Waals surface area contributed by atoms with Crippen molar-refractivity contribution in [2.45, 2.75) is 33.1 Å². The average molecular weight is 470 g/mol. The van der Waals surface area contributed by atoms with E-state index in [1.807, 2.05) is 26.0 Å². The molecule has 4 rings (SSSR count). The molecule has 1 aliphatic rings. The van der Waals surface area contributed by atoms with Crippen LogP contribution in [0.5, 0.6) is 0 Å². The summed E-state index contributed by atoms with van der Waals surface area (Å²) in [6.07, 6.45) is 2.18. The predicted molar refractivity (Wildman–Crippen MR) is 126 cm³/mol. The van der Waals surface area contributed by atoms with Crippen LogP contribution in [0, 0.1) is 13.8 Å². The number of aryl methyl sites for hydroxylation is 2. The molecule has 8 heteroatoms. The highest BCUT2D eigenvalue weighted by Gasteiger charge is 2.28. The molecule has 0 aliphatic heterocycles. The molecule has 2 N–H and O–H groups in total. The Balaban J connectivity index is 1.56. The quantitative estimate of drug-likeness (QED) is 0.464. The number of hydrazone groups is 1. The number of carbonyl (C=O) groups is 2. The smallest absolute Gasteiger partial charge is 0.291 e. The molecule has 32 heavy (non-hydrogen) atoms. The molecule has 0 fully saturated rings. The molecular formula is C24H21Cl2N3O3. The van der Waals surface area contributed by atoms with Gasteiger partial charge in [0.2, 0.25) is 0 Å². The number of nitrogens with one attached hydrogen (secondary N) is 2. The second-order valence-corrected chi connectivity index (χ2v) is 8.47. The van der Waals surface area contributed by atoms with Gasteiger partial charge in [-0.1, -0.05) is 40.9 Å². The summed E-state index contributed by atoms with van der Waals surface area (Å²) in [7, 11) is 0. The summed E-state index contributed by atoms with van der Waals surface area (Å²) < 4.78 is 5.90. The normalized spacial score (nSPS) is 14.2. The molecule has 0 atom stereocenters. The number of halogens is 2. The second kappa shape index (κ2) is 9.18. The average Bonchev–Trinajstić information content (AvgIpc) is 3.12. The van der Waals surface area contributed by atoms with Crippen molar-refractivity contribution in [2.75, 3.05) is 5.32 Å². The highest BCUT2D eigenvalue weighted by Crippen LogP contribution is 2.31. The maximum atomic E-state index is 12.8. The van der Waals surface area contributed by atoms with E-state index in [0.29, 0.717) is 51.2 Å². The van der Waals surface area contributed by atoms with E-state index in [1.165, 1.54) is 0 Å². The molecule has 2 amide bonds. The lowest BCUT2D eigenvalue weighted by Crippen LogP contribution is -2.22. The van der Waals surface area contributed by atoms with Crippen LogP contribution in [0.15, 0.2) is 52.0 Å². The SMILES string of the molecule is Cc1ccc(C(=O)N/N=C2\CCCc3oc(C(=O)Nc4ccc(Cl)c(Cl)c4)c(C)c32)cc1. The van der Waals surface area contributed by atoms with Gasteiger partial charge in [-0.2, -0.15) is 5.10 Å². The van der Waals surface area contributed by atoms with Crippen molar-refractivity contribution in [1.29, 1.82) is 0 Å². The fraction of sp³-hybridized carbons (Fsp3) is 0.208. The van der Waals surface area contributed by atoms with Gasteiger partial charge in [0.1, 0.15) is 5.76 Å². The zero-order chi connectivity index (χ0) is 22.8. The Morgan fingerprint density at radius 2 is 1.72 bits per heavy atom. The first-order valence-electron chi connectivity index (χ1n) is 10.2. The topological polar surface area (TPSA) is 83.7 Å². The fourth-order valence-electron chi connectivity index (χ4n) is 3.65. The largest absolute Gasteiger partial charge is 0.455 e. The summed E-state index contributed by atoms with van der Waals surface area (Å²) >= 11 is 12.0. The van der Waals surface area contributed by atoms with Crippen molar-refractivity contribution in [2.24, 2.45) is 5.10 Å². The fourth-order valence-corrected chi connectivity index (χ4v) is 3.94. The van der Waals surface area contributed by atoms with E-state index < -0.39 is 5.91 Å². The van der Waals surface area contributed by atoms with Gasteiger partial charge in [0, 0.05) is 28.8 Å². The summed E-state index contributed by atoms with van der Waals surface area (Å²) in [6, 6.07) is 12.1. The number of furan rings is 1. The molecule has 3 aromatic rings. The lowest BCUT2D eigenvalue weighted by atomic mass is 9.93. The molecule has 0 bridgehead atoms. The summed E-state index contributed by atoms with van der Waals surface area (Å²) in [6.45, 7) is 3.77. The highest BCUT2D eigenvalue weighted by atomic mass is 35.5. The molecule has 0 saturated heterocycles. The Bertz CT molecular complexity index is 1230. The number of benzene rings is 2. The summed E-state index contributed by atoms with van der Waals surface area (Å²) in [4.78, 5) is 25.3. The van der Waals surface area contributed by atoms with E-state index in [4.69, 9.17) is 27.6 Å². The van der Waals surface area contributed by atoms with Crippen LogP contribution < -0.4 is 10.7 Å². The minimum atomic E-state index is -0.390. The number of amides is 2. The molecule has 0 unspecified atom stereocenters. The van der Waals surface area contributed by atoms with Crippen molar-refractivity contribution in [3.8, 4) is 0 Å². The van der Waals surface area contributed by atoms with Crippen LogP contribution in [0.1, 0.15) is 56.2 Å². The van der Waals surface area contributed by atoms with E-state index in [9.17, 15) is 9.59 Å². The standard InChI is InChI=1S/C24H21Cl2N3O3/c1-13-6-8-15(9-7-13)23(30)29-28-19-4-3-5-20-21(19)14(2)22(32-20)24(31)27-16-10-11-17(25)18(26)12-16/h6-12H,3-5H2,1-2H3,(H,27,31)(H,29,30)/b28-19+. The highest BCUT2D eigenvalue weighted by molar-refractivity contribution is 6.42. The number of nitrogens with zero attached hydrogens (tertiary/aromatic N) is 1. The molecule has 164 valence electrons. The van der Waals surface area contributed by atoms with E-state index in [-0.39, 0.29) is 11.7 Å². The van der Waals surface area contributed by atoms with Gasteiger partial charge >= 0.3 is 0 Å². The Morgan fingerprint density at radius 1 is 0.969 bits per heavy atom. The number of anilines is 1. The molecule has 6 nitrogen and oxygen atoms in total. The third-order valence-electron chi connectivity index (χ3n) is 5.32. The predicted octanol–water partition coefficient (Wildman–Crippen LogP) is 5.93. The van der Waals surface area contributed by atoms with E-state index in [1.54, 1.807) is 30.3 Å². The Kier molecular flexibility index (Phi) is 6.35. The molecule has 0 spiro atoms. The van der Waals surface area contributed by atoms with Crippen molar-refractivity contribution in [3.63, 3.8) is 0 Å². The zero-order valence-electron chi connectivity index (χ0n) is 17.6. The van der Waals surface area contributed by atoms with Gasteiger partial charge in [-0.3, -0.25) is 9.59 Å². The number of hydrogen-bond acceptors (Lipinski definition) is 4. The van der Waals surface area contributed by atoms with Gasteiger partial charge in [0.25, 0.3) is 11.8 Å². The molecule has 1 aliphatic carbocycles. The second-order valence-electron chi connectivity index (χ2n) is 7.66. The molecular weight excluding hydrogens is 449 g/mol. The molecule has 1 aromatic heterocycles. The third kappa shape index (κ3) is 4.56. The van der Waals surface area contributed by atoms with E-state index >= 15 is 0 Å². The van der Waals surface area contributed by atoms with Crippen molar-refractivity contribution in [3.05, 3.63) is 86.3 Å². The Labute approximate surface area is 195 Å². The lowest BCUT2D eigenvalue weighted by molar-refractivity contribution is 0.0953. The van der Waals surface area contributed by atoms with Crippen molar-refractivity contribution in [1.82, 2.24) is 5.43 Å². The Hall–Kier alpha value is -3.09. The number of fused-ring (bicyclic) bond motifs is 1. The van der Waals surface area contributed by atoms with Gasteiger partial charge in [0.15, 0.2) is 5.76 Å². The van der Waals surface area contributed by atoms with Crippen LogP contribution in [-0.4, -0.2) is 17.5 Å².